The Morgan fingerprint density at radius 3 is 2.74 bits per heavy atom. The number of amides is 1. The molecular weight excluding hydrogens is 292 g/mol. The van der Waals surface area contributed by atoms with E-state index in [4.69, 9.17) is 9.47 Å². The van der Waals surface area contributed by atoms with Crippen molar-refractivity contribution in [1.29, 1.82) is 0 Å². The van der Waals surface area contributed by atoms with Gasteiger partial charge in [0.25, 0.3) is 0 Å². The van der Waals surface area contributed by atoms with E-state index < -0.39 is 5.79 Å². The lowest BCUT2D eigenvalue weighted by Crippen LogP contribution is -2.38. The van der Waals surface area contributed by atoms with Crippen molar-refractivity contribution in [1.82, 2.24) is 0 Å². The first-order valence-corrected chi connectivity index (χ1v) is 8.58. The van der Waals surface area contributed by atoms with E-state index in [1.807, 2.05) is 6.07 Å². The number of benzene rings is 1. The second-order valence-electron chi connectivity index (χ2n) is 6.89. The summed E-state index contributed by atoms with van der Waals surface area (Å²) in [5.74, 6) is -0.205. The van der Waals surface area contributed by atoms with Gasteiger partial charge in [-0.3, -0.25) is 4.79 Å². The molecule has 1 saturated carbocycles. The zero-order valence-electron chi connectivity index (χ0n) is 13.6. The Morgan fingerprint density at radius 1 is 1.26 bits per heavy atom. The molecule has 5 heteroatoms. The summed E-state index contributed by atoms with van der Waals surface area (Å²) in [6, 6.07) is 6.23. The number of carbonyl (C=O) groups is 1. The maximum absolute atomic E-state index is 12.5. The fourth-order valence-electron chi connectivity index (χ4n) is 3.99. The minimum absolute atomic E-state index is 0.0596. The Labute approximate surface area is 136 Å². The minimum Gasteiger partial charge on any atom is -0.374 e. The smallest absolute Gasteiger partial charge is 0.227 e. The van der Waals surface area contributed by atoms with Gasteiger partial charge in [-0.2, -0.15) is 0 Å². The zero-order chi connectivity index (χ0) is 15.9. The number of likely N-dealkylation sites (N-methyl/N-ethyl adjacent to an activating group) is 1. The molecule has 1 amide bonds. The van der Waals surface area contributed by atoms with Gasteiger partial charge in [-0.25, -0.2) is 0 Å². The molecule has 0 atom stereocenters. The van der Waals surface area contributed by atoms with E-state index in [0.29, 0.717) is 13.2 Å². The molecule has 2 heterocycles. The average Bonchev–Trinajstić information content (AvgIpc) is 3.16. The fraction of sp³-hybridized carbons (Fsp3) is 0.611. The third-order valence-corrected chi connectivity index (χ3v) is 5.41. The van der Waals surface area contributed by atoms with Crippen LogP contribution < -0.4 is 10.2 Å². The van der Waals surface area contributed by atoms with Crippen molar-refractivity contribution in [2.75, 3.05) is 37.0 Å². The Balaban J connectivity index is 1.37. The van der Waals surface area contributed by atoms with Gasteiger partial charge in [0.2, 0.25) is 5.91 Å². The highest BCUT2D eigenvalue weighted by Crippen LogP contribution is 2.38. The van der Waals surface area contributed by atoms with Crippen LogP contribution in [0.2, 0.25) is 0 Å². The van der Waals surface area contributed by atoms with Gasteiger partial charge >= 0.3 is 0 Å². The molecule has 1 aromatic rings. The minimum atomic E-state index is -0.394. The van der Waals surface area contributed by atoms with Crippen LogP contribution in [-0.2, 0) is 20.7 Å². The van der Waals surface area contributed by atoms with Crippen molar-refractivity contribution in [2.24, 2.45) is 5.92 Å². The number of anilines is 2. The summed E-state index contributed by atoms with van der Waals surface area (Å²) in [7, 11) is 2.11. The molecule has 1 spiro atoms. The highest BCUT2D eigenvalue weighted by Gasteiger charge is 2.41. The van der Waals surface area contributed by atoms with E-state index in [1.165, 1.54) is 11.3 Å². The molecular formula is C18H24N2O3. The van der Waals surface area contributed by atoms with E-state index in [-0.39, 0.29) is 11.8 Å². The maximum Gasteiger partial charge on any atom is 0.227 e. The number of fused-ring (bicyclic) bond motifs is 1. The van der Waals surface area contributed by atoms with Crippen LogP contribution in [0.15, 0.2) is 18.2 Å². The lowest BCUT2D eigenvalue weighted by molar-refractivity contribution is -0.182. The predicted octanol–water partition coefficient (Wildman–Crippen LogP) is 2.55. The molecule has 23 heavy (non-hydrogen) atoms. The maximum atomic E-state index is 12.5. The second kappa shape index (κ2) is 5.80. The number of nitrogens with zero attached hydrogens (tertiary/aromatic N) is 1. The van der Waals surface area contributed by atoms with Gasteiger partial charge in [-0.05, 0) is 43.0 Å². The number of hydrogen-bond acceptors (Lipinski definition) is 4. The quantitative estimate of drug-likeness (QED) is 0.911. The Bertz CT molecular complexity index is 600. The molecule has 0 aromatic heterocycles. The zero-order valence-corrected chi connectivity index (χ0v) is 13.6. The van der Waals surface area contributed by atoms with Crippen LogP contribution in [-0.4, -0.2) is 38.5 Å². The van der Waals surface area contributed by atoms with E-state index in [2.05, 4.69) is 29.4 Å². The van der Waals surface area contributed by atoms with Gasteiger partial charge in [0.05, 0.1) is 13.2 Å². The van der Waals surface area contributed by atoms with E-state index in [0.717, 1.165) is 44.3 Å². The lowest BCUT2D eigenvalue weighted by Gasteiger charge is -2.34. The van der Waals surface area contributed by atoms with Gasteiger partial charge in [0.15, 0.2) is 5.79 Å². The molecule has 4 rings (SSSR count). The molecule has 1 aliphatic carbocycles. The third kappa shape index (κ3) is 2.83. The Kier molecular flexibility index (Phi) is 3.77. The normalized spacial score (nSPS) is 23.3. The summed E-state index contributed by atoms with van der Waals surface area (Å²) in [4.78, 5) is 14.8. The van der Waals surface area contributed by atoms with Crippen molar-refractivity contribution in [3.8, 4) is 0 Å². The molecule has 2 aliphatic heterocycles. The molecule has 0 bridgehead atoms. The molecule has 1 saturated heterocycles. The highest BCUT2D eigenvalue weighted by molar-refractivity contribution is 5.93. The van der Waals surface area contributed by atoms with Gasteiger partial charge in [0.1, 0.15) is 0 Å². The van der Waals surface area contributed by atoms with Gasteiger partial charge in [-0.1, -0.05) is 0 Å². The first-order chi connectivity index (χ1) is 11.2. The topological polar surface area (TPSA) is 50.8 Å². The van der Waals surface area contributed by atoms with Gasteiger partial charge in [0, 0.05) is 43.7 Å². The largest absolute Gasteiger partial charge is 0.374 e. The number of nitrogens with one attached hydrogen (secondary N) is 1. The van der Waals surface area contributed by atoms with Crippen LogP contribution >= 0.6 is 0 Å². The first-order valence-electron chi connectivity index (χ1n) is 8.58. The van der Waals surface area contributed by atoms with Crippen molar-refractivity contribution in [3.05, 3.63) is 23.8 Å². The molecule has 3 aliphatic rings. The SMILES string of the molecule is CN1CCc2cc(NC(=O)C3CCC4(CC3)OCCO4)ccc21. The van der Waals surface area contributed by atoms with Crippen molar-refractivity contribution in [3.63, 3.8) is 0 Å². The van der Waals surface area contributed by atoms with E-state index >= 15 is 0 Å². The Morgan fingerprint density at radius 2 is 2.00 bits per heavy atom. The monoisotopic (exact) mass is 316 g/mol. The van der Waals surface area contributed by atoms with Crippen LogP contribution in [0.4, 0.5) is 11.4 Å². The van der Waals surface area contributed by atoms with Crippen molar-refractivity contribution >= 4 is 17.3 Å². The molecule has 1 N–H and O–H groups in total. The summed E-state index contributed by atoms with van der Waals surface area (Å²) >= 11 is 0. The molecule has 2 fully saturated rings. The van der Waals surface area contributed by atoms with Crippen LogP contribution in [0, 0.1) is 5.92 Å². The average molecular weight is 316 g/mol. The summed E-state index contributed by atoms with van der Waals surface area (Å²) in [6.45, 7) is 2.41. The summed E-state index contributed by atoms with van der Waals surface area (Å²) in [5, 5.41) is 3.10. The molecule has 5 nitrogen and oxygen atoms in total. The van der Waals surface area contributed by atoms with Crippen LogP contribution in [0.1, 0.15) is 31.2 Å². The second-order valence-corrected chi connectivity index (χ2v) is 6.89. The highest BCUT2D eigenvalue weighted by atomic mass is 16.7. The Hall–Kier alpha value is -1.59. The number of carbonyl (C=O) groups excluding carboxylic acids is 1. The van der Waals surface area contributed by atoms with Gasteiger partial charge < -0.3 is 19.7 Å². The van der Waals surface area contributed by atoms with Crippen LogP contribution in [0.5, 0.6) is 0 Å². The predicted molar refractivity (Wildman–Crippen MR) is 88.6 cm³/mol. The van der Waals surface area contributed by atoms with Gasteiger partial charge in [-0.15, -0.1) is 0 Å². The molecule has 0 unspecified atom stereocenters. The summed E-state index contributed by atoms with van der Waals surface area (Å²) in [6.07, 6.45) is 4.36. The van der Waals surface area contributed by atoms with Crippen LogP contribution in [0.25, 0.3) is 0 Å². The lowest BCUT2D eigenvalue weighted by atomic mass is 9.84. The summed E-state index contributed by atoms with van der Waals surface area (Å²) < 4.78 is 11.5. The number of ether oxygens (including phenoxy) is 2. The standard InChI is InChI=1S/C18H24N2O3/c1-20-9-6-14-12-15(2-3-16(14)20)19-17(21)13-4-7-18(8-5-13)22-10-11-23-18/h2-3,12-13H,4-11H2,1H3,(H,19,21). The molecule has 1 aromatic carbocycles. The fourth-order valence-corrected chi connectivity index (χ4v) is 3.99. The summed E-state index contributed by atoms with van der Waals surface area (Å²) in [5.41, 5.74) is 3.51. The number of hydrogen-bond donors (Lipinski definition) is 1. The van der Waals surface area contributed by atoms with Crippen LogP contribution in [0.3, 0.4) is 0 Å². The molecule has 124 valence electrons. The first kappa shape index (κ1) is 15.0. The van der Waals surface area contributed by atoms with Crippen molar-refractivity contribution in [2.45, 2.75) is 37.9 Å². The van der Waals surface area contributed by atoms with E-state index in [1.54, 1.807) is 0 Å². The van der Waals surface area contributed by atoms with E-state index in [9.17, 15) is 4.79 Å². The third-order valence-electron chi connectivity index (χ3n) is 5.41. The number of rotatable bonds is 2. The molecule has 0 radical (unpaired) electrons. The van der Waals surface area contributed by atoms with Crippen molar-refractivity contribution < 1.29 is 14.3 Å².